The first-order valence-corrected chi connectivity index (χ1v) is 5.52. The molecule has 0 saturated heterocycles. The molecule has 0 aromatic carbocycles. The average Bonchev–Trinajstić information content (AvgIpc) is 2.15. The van der Waals surface area contributed by atoms with Gasteiger partial charge in [0, 0.05) is 14.1 Å². The Hall–Kier alpha value is -1.32. The van der Waals surface area contributed by atoms with Gasteiger partial charge in [-0.05, 0) is 25.3 Å². The number of hydrogen-bond acceptors (Lipinski definition) is 2. The molecule has 0 aromatic heterocycles. The highest BCUT2D eigenvalue weighted by atomic mass is 16.2. The maximum absolute atomic E-state index is 11.8. The normalized spacial score (nSPS) is 12.9. The van der Waals surface area contributed by atoms with Crippen molar-refractivity contribution in [3.63, 3.8) is 0 Å². The minimum absolute atomic E-state index is 0.0634. The van der Waals surface area contributed by atoms with Crippen molar-refractivity contribution in [1.29, 1.82) is 0 Å². The summed E-state index contributed by atoms with van der Waals surface area (Å²) in [7, 11) is 3.38. The predicted molar refractivity (Wildman–Crippen MR) is 64.9 cm³/mol. The first-order valence-electron chi connectivity index (χ1n) is 5.52. The maximum Gasteiger partial charge on any atom is 0.244 e. The Kier molecular flexibility index (Phi) is 6.46. The van der Waals surface area contributed by atoms with Crippen LogP contribution in [0, 0.1) is 5.92 Å². The van der Waals surface area contributed by atoms with E-state index in [0.717, 1.165) is 0 Å². The van der Waals surface area contributed by atoms with Crippen LogP contribution >= 0.6 is 0 Å². The van der Waals surface area contributed by atoms with Gasteiger partial charge < -0.3 is 10.2 Å². The van der Waals surface area contributed by atoms with Crippen LogP contribution in [0.3, 0.4) is 0 Å². The summed E-state index contributed by atoms with van der Waals surface area (Å²) in [4.78, 5) is 24.7. The molecule has 0 aromatic rings. The van der Waals surface area contributed by atoms with Gasteiger partial charge in [0.2, 0.25) is 11.8 Å². The Labute approximate surface area is 97.7 Å². The molecule has 4 nitrogen and oxygen atoms in total. The summed E-state index contributed by atoms with van der Waals surface area (Å²) in [6.45, 7) is 5.82. The van der Waals surface area contributed by atoms with Gasteiger partial charge in [0.1, 0.15) is 6.04 Å². The predicted octanol–water partition coefficient (Wildman–Crippen LogP) is 1.18. The zero-order chi connectivity index (χ0) is 12.7. The van der Waals surface area contributed by atoms with E-state index in [4.69, 9.17) is 0 Å². The average molecular weight is 226 g/mol. The maximum atomic E-state index is 11.8. The molecule has 1 atom stereocenters. The van der Waals surface area contributed by atoms with Crippen LogP contribution in [0.25, 0.3) is 0 Å². The van der Waals surface area contributed by atoms with E-state index in [1.807, 2.05) is 13.8 Å². The monoisotopic (exact) mass is 226 g/mol. The third kappa shape index (κ3) is 5.53. The third-order valence-corrected chi connectivity index (χ3v) is 2.08. The Balaban J connectivity index is 4.55. The molecular formula is C12H22N2O2. The molecule has 0 aliphatic carbocycles. The fourth-order valence-corrected chi connectivity index (χ4v) is 1.38. The van der Waals surface area contributed by atoms with E-state index in [2.05, 4.69) is 5.32 Å². The number of hydrogen-bond donors (Lipinski definition) is 1. The molecule has 2 amide bonds. The van der Waals surface area contributed by atoms with E-state index in [0.29, 0.717) is 12.3 Å². The molecular weight excluding hydrogens is 204 g/mol. The Morgan fingerprint density at radius 3 is 2.25 bits per heavy atom. The lowest BCUT2D eigenvalue weighted by molar-refractivity contribution is -0.133. The second kappa shape index (κ2) is 7.04. The number of allylic oxidation sites excluding steroid dienone is 1. The summed E-state index contributed by atoms with van der Waals surface area (Å²) in [5.41, 5.74) is 0. The van der Waals surface area contributed by atoms with Crippen molar-refractivity contribution in [1.82, 2.24) is 10.2 Å². The van der Waals surface area contributed by atoms with Gasteiger partial charge in [-0.25, -0.2) is 0 Å². The van der Waals surface area contributed by atoms with Gasteiger partial charge in [0.25, 0.3) is 0 Å². The van der Waals surface area contributed by atoms with Crippen molar-refractivity contribution >= 4 is 11.8 Å². The molecule has 0 spiro atoms. The van der Waals surface area contributed by atoms with Crippen molar-refractivity contribution in [2.75, 3.05) is 14.1 Å². The quantitative estimate of drug-likeness (QED) is 0.716. The first kappa shape index (κ1) is 14.7. The van der Waals surface area contributed by atoms with Gasteiger partial charge in [0.15, 0.2) is 0 Å². The van der Waals surface area contributed by atoms with Crippen molar-refractivity contribution in [2.24, 2.45) is 5.92 Å². The van der Waals surface area contributed by atoms with E-state index in [1.165, 1.54) is 11.0 Å². The molecule has 0 rings (SSSR count). The van der Waals surface area contributed by atoms with E-state index >= 15 is 0 Å². The molecule has 0 bridgehead atoms. The van der Waals surface area contributed by atoms with Crippen molar-refractivity contribution < 1.29 is 9.59 Å². The molecule has 0 aliphatic rings. The first-order chi connectivity index (χ1) is 7.38. The zero-order valence-electron chi connectivity index (χ0n) is 10.8. The van der Waals surface area contributed by atoms with E-state index in [9.17, 15) is 9.59 Å². The summed E-state index contributed by atoms with van der Waals surface area (Å²) in [5.74, 6) is 0.0784. The lowest BCUT2D eigenvalue weighted by Crippen LogP contribution is -2.46. The molecule has 16 heavy (non-hydrogen) atoms. The number of likely N-dealkylation sites (N-methyl/N-ethyl adjacent to an activating group) is 1. The highest BCUT2D eigenvalue weighted by Crippen LogP contribution is 2.06. The number of carbonyl (C=O) groups is 2. The largest absolute Gasteiger partial charge is 0.347 e. The molecule has 4 heteroatoms. The van der Waals surface area contributed by atoms with Gasteiger partial charge in [-0.15, -0.1) is 0 Å². The van der Waals surface area contributed by atoms with Gasteiger partial charge in [-0.3, -0.25) is 9.59 Å². The minimum Gasteiger partial charge on any atom is -0.347 e. The second-order valence-corrected chi connectivity index (χ2v) is 4.42. The fourth-order valence-electron chi connectivity index (χ4n) is 1.38. The molecule has 0 fully saturated rings. The Morgan fingerprint density at radius 2 is 1.88 bits per heavy atom. The number of nitrogens with one attached hydrogen (secondary N) is 1. The van der Waals surface area contributed by atoms with Crippen LogP contribution in [-0.4, -0.2) is 36.9 Å². The van der Waals surface area contributed by atoms with E-state index in [1.54, 1.807) is 27.1 Å². The highest BCUT2D eigenvalue weighted by molar-refractivity contribution is 5.92. The summed E-state index contributed by atoms with van der Waals surface area (Å²) in [6, 6.07) is -0.432. The lowest BCUT2D eigenvalue weighted by Gasteiger charge is -2.22. The van der Waals surface area contributed by atoms with E-state index < -0.39 is 6.04 Å². The smallest absolute Gasteiger partial charge is 0.244 e. The van der Waals surface area contributed by atoms with Gasteiger partial charge >= 0.3 is 0 Å². The lowest BCUT2D eigenvalue weighted by atomic mass is 10.0. The molecule has 0 aliphatic heterocycles. The number of amides is 2. The molecule has 1 unspecified atom stereocenters. The van der Waals surface area contributed by atoms with Gasteiger partial charge in [0.05, 0.1) is 0 Å². The van der Waals surface area contributed by atoms with Crippen molar-refractivity contribution in [3.8, 4) is 0 Å². The van der Waals surface area contributed by atoms with E-state index in [-0.39, 0.29) is 11.8 Å². The number of carbonyl (C=O) groups excluding carboxylic acids is 2. The SMILES string of the molecule is CC=CC(=O)NC(CC(C)C)C(=O)N(C)C. The summed E-state index contributed by atoms with van der Waals surface area (Å²) in [5, 5.41) is 2.71. The minimum atomic E-state index is -0.432. The third-order valence-electron chi connectivity index (χ3n) is 2.08. The van der Waals surface area contributed by atoms with Crippen LogP contribution in [0.2, 0.25) is 0 Å². The van der Waals surface area contributed by atoms with Crippen LogP contribution in [0.15, 0.2) is 12.2 Å². The van der Waals surface area contributed by atoms with Gasteiger partial charge in [-0.2, -0.15) is 0 Å². The Bertz CT molecular complexity index is 270. The fraction of sp³-hybridized carbons (Fsp3) is 0.667. The molecule has 0 saturated carbocycles. The summed E-state index contributed by atoms with van der Waals surface area (Å²) >= 11 is 0. The van der Waals surface area contributed by atoms with Crippen LogP contribution in [-0.2, 0) is 9.59 Å². The van der Waals surface area contributed by atoms with Crippen LogP contribution < -0.4 is 5.32 Å². The Morgan fingerprint density at radius 1 is 1.31 bits per heavy atom. The van der Waals surface area contributed by atoms with Crippen LogP contribution in [0.4, 0.5) is 0 Å². The second-order valence-electron chi connectivity index (χ2n) is 4.42. The topological polar surface area (TPSA) is 49.4 Å². The van der Waals surface area contributed by atoms with Crippen LogP contribution in [0.1, 0.15) is 27.2 Å². The number of nitrogens with zero attached hydrogens (tertiary/aromatic N) is 1. The standard InChI is InChI=1S/C12H22N2O2/c1-6-7-11(15)13-10(8-9(2)3)12(16)14(4)5/h6-7,9-10H,8H2,1-5H3,(H,13,15). The molecule has 1 N–H and O–H groups in total. The highest BCUT2D eigenvalue weighted by Gasteiger charge is 2.22. The molecule has 0 heterocycles. The molecule has 0 radical (unpaired) electrons. The summed E-state index contributed by atoms with van der Waals surface area (Å²) in [6.07, 6.45) is 3.73. The van der Waals surface area contributed by atoms with Gasteiger partial charge in [-0.1, -0.05) is 19.9 Å². The van der Waals surface area contributed by atoms with Crippen molar-refractivity contribution in [2.45, 2.75) is 33.2 Å². The molecule has 92 valence electrons. The zero-order valence-corrected chi connectivity index (χ0v) is 10.8. The number of rotatable bonds is 5. The van der Waals surface area contributed by atoms with Crippen molar-refractivity contribution in [3.05, 3.63) is 12.2 Å². The van der Waals surface area contributed by atoms with Crippen LogP contribution in [0.5, 0.6) is 0 Å². The summed E-state index contributed by atoms with van der Waals surface area (Å²) < 4.78 is 0.